The van der Waals surface area contributed by atoms with Gasteiger partial charge in [0.15, 0.2) is 0 Å². The highest BCUT2D eigenvalue weighted by Gasteiger charge is 2.20. The maximum absolute atomic E-state index is 13.2. The van der Waals surface area contributed by atoms with Crippen LogP contribution >= 0.6 is 31.9 Å². The Morgan fingerprint density at radius 1 is 0.864 bits per heavy atom. The van der Waals surface area contributed by atoms with Crippen molar-refractivity contribution in [1.82, 2.24) is 0 Å². The number of hydrogen-bond donors (Lipinski definition) is 0. The zero-order valence-corrected chi connectivity index (χ0v) is 14.8. The number of halogens is 3. The van der Waals surface area contributed by atoms with Crippen molar-refractivity contribution < 1.29 is 8.81 Å². The summed E-state index contributed by atoms with van der Waals surface area (Å²) in [5.74, 6) is 1.33. The smallest absolute Gasteiger partial charge is 0.149 e. The molecule has 0 aliphatic carbocycles. The lowest BCUT2D eigenvalue weighted by Gasteiger charge is -2.01. The van der Waals surface area contributed by atoms with Crippen LogP contribution in [0.5, 0.6) is 0 Å². The average molecular weight is 424 g/mol. The molecule has 112 valence electrons. The van der Waals surface area contributed by atoms with Crippen LogP contribution in [0, 0.1) is 5.82 Å². The zero-order chi connectivity index (χ0) is 15.5. The Bertz CT molecular complexity index is 764. The number of furan rings is 1. The van der Waals surface area contributed by atoms with Gasteiger partial charge in [-0.05, 0) is 46.6 Å². The van der Waals surface area contributed by atoms with E-state index in [1.165, 1.54) is 12.1 Å². The third kappa shape index (κ3) is 3.03. The fraction of sp³-hybridized carbons (Fsp3) is 0.111. The van der Waals surface area contributed by atoms with E-state index >= 15 is 0 Å². The molecule has 0 bridgehead atoms. The van der Waals surface area contributed by atoms with Gasteiger partial charge in [-0.3, -0.25) is 0 Å². The van der Waals surface area contributed by atoms with Crippen LogP contribution in [0.3, 0.4) is 0 Å². The summed E-state index contributed by atoms with van der Waals surface area (Å²) >= 11 is 7.14. The Balaban J connectivity index is 2.15. The van der Waals surface area contributed by atoms with Crippen molar-refractivity contribution in [3.8, 4) is 22.6 Å². The lowest BCUT2D eigenvalue weighted by molar-refractivity contribution is 0.592. The minimum Gasteiger partial charge on any atom is -0.455 e. The summed E-state index contributed by atoms with van der Waals surface area (Å²) in [4.78, 5) is 0. The van der Waals surface area contributed by atoms with Crippen LogP contribution < -0.4 is 0 Å². The Morgan fingerprint density at radius 2 is 1.50 bits per heavy atom. The molecule has 1 aromatic heterocycles. The van der Waals surface area contributed by atoms with Gasteiger partial charge in [0, 0.05) is 22.0 Å². The van der Waals surface area contributed by atoms with Gasteiger partial charge in [0.25, 0.3) is 0 Å². The van der Waals surface area contributed by atoms with Crippen molar-refractivity contribution in [3.05, 3.63) is 70.5 Å². The van der Waals surface area contributed by atoms with Crippen LogP contribution in [0.25, 0.3) is 22.6 Å². The largest absolute Gasteiger partial charge is 0.455 e. The third-order valence-electron chi connectivity index (χ3n) is 3.43. The zero-order valence-electron chi connectivity index (χ0n) is 11.7. The first-order chi connectivity index (χ1) is 10.7. The lowest BCUT2D eigenvalue weighted by Crippen LogP contribution is -1.88. The van der Waals surface area contributed by atoms with E-state index in [4.69, 9.17) is 4.42 Å². The predicted octanol–water partition coefficient (Wildman–Crippen LogP) is 6.45. The van der Waals surface area contributed by atoms with Gasteiger partial charge in [0.2, 0.25) is 0 Å². The van der Waals surface area contributed by atoms with Gasteiger partial charge in [-0.2, -0.15) is 0 Å². The molecule has 0 saturated heterocycles. The van der Waals surface area contributed by atoms with Crippen molar-refractivity contribution >= 4 is 31.9 Å². The van der Waals surface area contributed by atoms with E-state index in [1.807, 2.05) is 30.3 Å². The van der Waals surface area contributed by atoms with Crippen molar-refractivity contribution in [2.45, 2.75) is 6.42 Å². The van der Waals surface area contributed by atoms with Crippen LogP contribution in [0.1, 0.15) is 5.56 Å². The molecule has 0 aliphatic rings. The molecule has 2 aromatic carbocycles. The number of rotatable bonds is 4. The second-order valence-corrected chi connectivity index (χ2v) is 6.45. The maximum atomic E-state index is 13.2. The van der Waals surface area contributed by atoms with E-state index < -0.39 is 0 Å². The van der Waals surface area contributed by atoms with E-state index in [2.05, 4.69) is 31.9 Å². The predicted molar refractivity (Wildman–Crippen MR) is 94.7 cm³/mol. The Kier molecular flexibility index (Phi) is 4.79. The molecule has 22 heavy (non-hydrogen) atoms. The molecule has 0 spiro atoms. The van der Waals surface area contributed by atoms with Gasteiger partial charge < -0.3 is 4.42 Å². The van der Waals surface area contributed by atoms with Crippen molar-refractivity contribution in [2.24, 2.45) is 0 Å². The minimum atomic E-state index is -0.250. The van der Waals surface area contributed by atoms with Gasteiger partial charge in [-0.1, -0.05) is 46.3 Å². The fourth-order valence-electron chi connectivity index (χ4n) is 2.37. The second kappa shape index (κ2) is 6.80. The summed E-state index contributed by atoms with van der Waals surface area (Å²) in [6.45, 7) is 0. The van der Waals surface area contributed by atoms with E-state index in [-0.39, 0.29) is 5.82 Å². The van der Waals surface area contributed by atoms with Gasteiger partial charge >= 0.3 is 0 Å². The first-order valence-corrected chi connectivity index (χ1v) is 8.80. The highest BCUT2D eigenvalue weighted by Crippen LogP contribution is 2.41. The molecule has 0 amide bonds. The summed E-state index contributed by atoms with van der Waals surface area (Å²) in [6, 6.07) is 16.3. The first-order valence-electron chi connectivity index (χ1n) is 6.89. The number of hydrogen-bond acceptors (Lipinski definition) is 1. The number of benzene rings is 2. The minimum absolute atomic E-state index is 0.250. The second-order valence-electron chi connectivity index (χ2n) is 4.86. The van der Waals surface area contributed by atoms with Crippen molar-refractivity contribution in [1.29, 1.82) is 0 Å². The molecular weight excluding hydrogens is 411 g/mol. The van der Waals surface area contributed by atoms with E-state index in [9.17, 15) is 4.39 Å². The van der Waals surface area contributed by atoms with Crippen LogP contribution in [0.4, 0.5) is 4.39 Å². The van der Waals surface area contributed by atoms with Gasteiger partial charge in [0.1, 0.15) is 17.3 Å². The lowest BCUT2D eigenvalue weighted by atomic mass is 10.1. The van der Waals surface area contributed by atoms with Crippen LogP contribution in [0.2, 0.25) is 0 Å². The molecule has 3 rings (SSSR count). The molecule has 0 atom stereocenters. The first kappa shape index (κ1) is 15.5. The van der Waals surface area contributed by atoms with Crippen LogP contribution in [0.15, 0.2) is 63.5 Å². The quantitative estimate of drug-likeness (QED) is 0.439. The van der Waals surface area contributed by atoms with Gasteiger partial charge in [0.05, 0.1) is 4.47 Å². The summed E-state index contributed by atoms with van der Waals surface area (Å²) in [7, 11) is 0. The Labute approximate surface area is 145 Å². The van der Waals surface area contributed by atoms with E-state index in [0.717, 1.165) is 44.4 Å². The molecule has 0 saturated carbocycles. The summed E-state index contributed by atoms with van der Waals surface area (Å²) < 4.78 is 20.2. The molecular formula is C18H13Br2FO. The molecule has 0 fully saturated rings. The Morgan fingerprint density at radius 3 is 2.14 bits per heavy atom. The molecule has 3 aromatic rings. The molecule has 1 nitrogen and oxygen atoms in total. The SMILES string of the molecule is Fc1ccc(-c2oc(-c3ccccc3)c(Br)c2CCBr)cc1. The summed E-state index contributed by atoms with van der Waals surface area (Å²) in [5.41, 5.74) is 2.97. The fourth-order valence-corrected chi connectivity index (χ4v) is 3.46. The highest BCUT2D eigenvalue weighted by atomic mass is 79.9. The van der Waals surface area contributed by atoms with Crippen molar-refractivity contribution in [3.63, 3.8) is 0 Å². The summed E-state index contributed by atoms with van der Waals surface area (Å²) in [5, 5.41) is 0.827. The van der Waals surface area contributed by atoms with Crippen molar-refractivity contribution in [2.75, 3.05) is 5.33 Å². The molecule has 0 radical (unpaired) electrons. The maximum Gasteiger partial charge on any atom is 0.149 e. The summed E-state index contributed by atoms with van der Waals surface area (Å²) in [6.07, 6.45) is 0.823. The normalized spacial score (nSPS) is 10.9. The Hall–Kier alpha value is -1.39. The van der Waals surface area contributed by atoms with Gasteiger partial charge in [-0.25, -0.2) is 4.39 Å². The van der Waals surface area contributed by atoms with Gasteiger partial charge in [-0.15, -0.1) is 0 Å². The molecule has 1 heterocycles. The molecule has 4 heteroatoms. The molecule has 0 N–H and O–H groups in total. The monoisotopic (exact) mass is 422 g/mol. The van der Waals surface area contributed by atoms with E-state index in [1.54, 1.807) is 12.1 Å². The topological polar surface area (TPSA) is 13.1 Å². The third-order valence-corrected chi connectivity index (χ3v) is 4.66. The van der Waals surface area contributed by atoms with Crippen LogP contribution in [-0.4, -0.2) is 5.33 Å². The molecule has 0 aliphatic heterocycles. The number of alkyl halides is 1. The highest BCUT2D eigenvalue weighted by molar-refractivity contribution is 9.10. The standard InChI is InChI=1S/C18H13Br2FO/c19-11-10-15-16(20)18(12-4-2-1-3-5-12)22-17(15)13-6-8-14(21)9-7-13/h1-9H,10-11H2. The average Bonchev–Trinajstić information content (AvgIpc) is 2.87. The molecule has 0 unspecified atom stereocenters. The van der Waals surface area contributed by atoms with E-state index in [0.29, 0.717) is 0 Å². The van der Waals surface area contributed by atoms with Crippen LogP contribution in [-0.2, 0) is 6.42 Å².